The van der Waals surface area contributed by atoms with Gasteiger partial charge in [0.1, 0.15) is 0 Å². The Morgan fingerprint density at radius 1 is 1.12 bits per heavy atom. The van der Waals surface area contributed by atoms with Gasteiger partial charge in [-0.15, -0.1) is 0 Å². The third kappa shape index (κ3) is 3.55. The zero-order valence-corrected chi connectivity index (χ0v) is 10.9. The van der Waals surface area contributed by atoms with Gasteiger partial charge in [-0.3, -0.25) is 5.43 Å². The summed E-state index contributed by atoms with van der Waals surface area (Å²) in [5.74, 6) is 0. The monoisotopic (exact) mass is 242 g/mol. The first-order chi connectivity index (χ1) is 8.07. The van der Waals surface area contributed by atoms with E-state index in [1.807, 2.05) is 9.91 Å². The van der Waals surface area contributed by atoms with Crippen LogP contribution in [0.15, 0.2) is 0 Å². The molecule has 2 fully saturated rings. The molecule has 17 heavy (non-hydrogen) atoms. The summed E-state index contributed by atoms with van der Waals surface area (Å²) in [6.45, 7) is 7.45. The maximum Gasteiger partial charge on any atom is 0.332 e. The van der Waals surface area contributed by atoms with E-state index in [9.17, 15) is 4.79 Å². The number of hydrogen-bond acceptors (Lipinski definition) is 3. The quantitative estimate of drug-likeness (QED) is 0.574. The van der Waals surface area contributed by atoms with E-state index in [1.165, 1.54) is 0 Å². The molecule has 2 aliphatic rings. The van der Waals surface area contributed by atoms with Gasteiger partial charge in [0.25, 0.3) is 0 Å². The summed E-state index contributed by atoms with van der Waals surface area (Å²) in [6, 6.07) is 0.0544. The van der Waals surface area contributed by atoms with Crippen molar-refractivity contribution in [2.45, 2.75) is 0 Å². The fourth-order valence-electron chi connectivity index (χ4n) is 2.19. The second kappa shape index (κ2) is 5.20. The van der Waals surface area contributed by atoms with Crippen LogP contribution in [0.3, 0.4) is 0 Å². The van der Waals surface area contributed by atoms with Crippen LogP contribution in [0, 0.1) is 0 Å². The Bertz CT molecular complexity index is 265. The fraction of sp³-hybridized carbons (Fsp3) is 0.909. The zero-order valence-electron chi connectivity index (χ0n) is 10.9. The first-order valence-corrected chi connectivity index (χ1v) is 6.40. The van der Waals surface area contributed by atoms with Crippen molar-refractivity contribution >= 4 is 6.03 Å². The van der Waals surface area contributed by atoms with Gasteiger partial charge in [0.2, 0.25) is 0 Å². The van der Waals surface area contributed by atoms with Gasteiger partial charge in [-0.2, -0.15) is 0 Å². The van der Waals surface area contributed by atoms with Crippen LogP contribution in [0.25, 0.3) is 0 Å². The summed E-state index contributed by atoms with van der Waals surface area (Å²) >= 11 is 0. The van der Waals surface area contributed by atoms with E-state index >= 15 is 0 Å². The second-order valence-electron chi connectivity index (χ2n) is 5.52. The summed E-state index contributed by atoms with van der Waals surface area (Å²) in [5, 5.41) is 5.30. The highest BCUT2D eigenvalue weighted by Gasteiger charge is 2.26. The number of nitrogens with zero attached hydrogens (tertiary/aromatic N) is 3. The van der Waals surface area contributed by atoms with Crippen LogP contribution in [0.5, 0.6) is 0 Å². The molecule has 2 saturated heterocycles. The Morgan fingerprint density at radius 2 is 1.71 bits per heavy atom. The number of piperazine rings is 2. The third-order valence-electron chi connectivity index (χ3n) is 3.61. The van der Waals surface area contributed by atoms with E-state index in [-0.39, 0.29) is 6.03 Å². The molecule has 0 spiro atoms. The number of hydrogen-bond donors (Lipinski definition) is 2. The molecule has 6 heteroatoms. The average molecular weight is 242 g/mol. The van der Waals surface area contributed by atoms with Gasteiger partial charge in [-0.25, -0.2) is 9.80 Å². The van der Waals surface area contributed by atoms with E-state index < -0.39 is 0 Å². The second-order valence-corrected chi connectivity index (χ2v) is 5.52. The Kier molecular flexibility index (Phi) is 3.86. The van der Waals surface area contributed by atoms with Crippen LogP contribution in [-0.4, -0.2) is 86.9 Å². The lowest BCUT2D eigenvalue weighted by Crippen LogP contribution is -2.61. The van der Waals surface area contributed by atoms with Gasteiger partial charge in [0, 0.05) is 26.2 Å². The van der Waals surface area contributed by atoms with Crippen LogP contribution >= 0.6 is 0 Å². The van der Waals surface area contributed by atoms with Crippen molar-refractivity contribution in [3.8, 4) is 0 Å². The fourth-order valence-corrected chi connectivity index (χ4v) is 2.19. The molecule has 0 bridgehead atoms. The Morgan fingerprint density at radius 3 is 2.29 bits per heavy atom. The minimum Gasteiger partial charge on any atom is -0.326 e. The summed E-state index contributed by atoms with van der Waals surface area (Å²) < 4.78 is 1.04. The summed E-state index contributed by atoms with van der Waals surface area (Å²) in [6.07, 6.45) is 0. The van der Waals surface area contributed by atoms with Crippen molar-refractivity contribution in [2.24, 2.45) is 0 Å². The van der Waals surface area contributed by atoms with Crippen LogP contribution in [0.4, 0.5) is 4.79 Å². The molecule has 0 aromatic rings. The number of hydrazine groups is 1. The lowest BCUT2D eigenvalue weighted by molar-refractivity contribution is -0.894. The molecular formula is C11H24N5O+. The molecule has 2 heterocycles. The maximum absolute atomic E-state index is 12.0. The first-order valence-electron chi connectivity index (χ1n) is 6.40. The molecular weight excluding hydrogens is 218 g/mol. The SMILES string of the molecule is C[N+]1(C)CCN(NC(=O)N2CCNCC2)CC1. The van der Waals surface area contributed by atoms with Gasteiger partial charge >= 0.3 is 6.03 Å². The smallest absolute Gasteiger partial charge is 0.326 e. The molecule has 0 aliphatic carbocycles. The standard InChI is InChI=1S/C11H23N5O/c1-16(2)9-7-15(8-10-16)13-11(17)14-5-3-12-4-6-14/h12H,3-10H2,1-2H3/p+1. The summed E-state index contributed by atoms with van der Waals surface area (Å²) in [5.41, 5.74) is 3.01. The molecule has 0 aromatic heterocycles. The van der Waals surface area contributed by atoms with E-state index in [1.54, 1.807) is 0 Å². The largest absolute Gasteiger partial charge is 0.332 e. The molecule has 2 amide bonds. The van der Waals surface area contributed by atoms with Gasteiger partial charge in [-0.05, 0) is 0 Å². The number of urea groups is 1. The molecule has 6 nitrogen and oxygen atoms in total. The van der Waals surface area contributed by atoms with Crippen molar-refractivity contribution in [3.63, 3.8) is 0 Å². The first kappa shape index (κ1) is 12.6. The predicted octanol–water partition coefficient (Wildman–Crippen LogP) is -1.09. The Balaban J connectivity index is 1.75. The number of carbonyl (C=O) groups excluding carboxylic acids is 1. The van der Waals surface area contributed by atoms with Gasteiger partial charge in [0.15, 0.2) is 0 Å². The van der Waals surface area contributed by atoms with Crippen molar-refractivity contribution in [1.29, 1.82) is 0 Å². The lowest BCUT2D eigenvalue weighted by Gasteiger charge is -2.39. The van der Waals surface area contributed by atoms with Crippen molar-refractivity contribution in [1.82, 2.24) is 20.7 Å². The summed E-state index contributed by atoms with van der Waals surface area (Å²) in [4.78, 5) is 13.8. The Hall–Kier alpha value is -0.850. The number of quaternary nitrogens is 1. The highest BCUT2D eigenvalue weighted by molar-refractivity contribution is 5.73. The van der Waals surface area contributed by atoms with Crippen LogP contribution in [0.1, 0.15) is 0 Å². The van der Waals surface area contributed by atoms with Crippen molar-refractivity contribution < 1.29 is 9.28 Å². The van der Waals surface area contributed by atoms with Gasteiger partial charge < -0.3 is 14.7 Å². The van der Waals surface area contributed by atoms with E-state index in [0.29, 0.717) is 0 Å². The molecule has 2 aliphatic heterocycles. The van der Waals surface area contributed by atoms with Crippen LogP contribution in [0.2, 0.25) is 0 Å². The molecule has 98 valence electrons. The molecule has 2 rings (SSSR count). The topological polar surface area (TPSA) is 47.6 Å². The van der Waals surface area contributed by atoms with Gasteiger partial charge in [-0.1, -0.05) is 0 Å². The zero-order chi connectivity index (χ0) is 12.3. The van der Waals surface area contributed by atoms with Crippen LogP contribution in [-0.2, 0) is 0 Å². The number of likely N-dealkylation sites (N-methyl/N-ethyl adjacent to an activating group) is 1. The molecule has 0 radical (unpaired) electrons. The molecule has 0 saturated carbocycles. The van der Waals surface area contributed by atoms with E-state index in [0.717, 1.165) is 56.8 Å². The lowest BCUT2D eigenvalue weighted by atomic mass is 10.3. The Labute approximate surface area is 103 Å². The van der Waals surface area contributed by atoms with E-state index in [4.69, 9.17) is 0 Å². The number of rotatable bonds is 1. The molecule has 0 unspecified atom stereocenters. The normalized spacial score (nSPS) is 25.6. The molecule has 0 aromatic carbocycles. The van der Waals surface area contributed by atoms with Crippen LogP contribution < -0.4 is 10.7 Å². The van der Waals surface area contributed by atoms with Gasteiger partial charge in [0.05, 0.1) is 40.3 Å². The average Bonchev–Trinajstić information content (AvgIpc) is 2.33. The molecule has 2 N–H and O–H groups in total. The number of nitrogens with one attached hydrogen (secondary N) is 2. The molecule has 0 atom stereocenters. The highest BCUT2D eigenvalue weighted by atomic mass is 16.2. The number of carbonyl (C=O) groups is 1. The maximum atomic E-state index is 12.0. The van der Waals surface area contributed by atoms with Crippen molar-refractivity contribution in [2.75, 3.05) is 66.5 Å². The highest BCUT2D eigenvalue weighted by Crippen LogP contribution is 2.04. The number of amides is 2. The minimum absolute atomic E-state index is 0.0544. The summed E-state index contributed by atoms with van der Waals surface area (Å²) in [7, 11) is 4.46. The predicted molar refractivity (Wildman–Crippen MR) is 66.4 cm³/mol. The minimum atomic E-state index is 0.0544. The third-order valence-corrected chi connectivity index (χ3v) is 3.61. The van der Waals surface area contributed by atoms with E-state index in [2.05, 4.69) is 24.8 Å². The van der Waals surface area contributed by atoms with Crippen molar-refractivity contribution in [3.05, 3.63) is 0 Å².